The number of hydrogen-bond donors (Lipinski definition) is 2. The Balaban J connectivity index is 1.49. The Bertz CT molecular complexity index is 841. The summed E-state index contributed by atoms with van der Waals surface area (Å²) in [5.41, 5.74) is 0.997. The first kappa shape index (κ1) is 14.6. The van der Waals surface area contributed by atoms with Gasteiger partial charge in [0.15, 0.2) is 5.82 Å². The lowest BCUT2D eigenvalue weighted by Gasteiger charge is -2.10. The standard InChI is InChI=1S/C17H19N7/c1-12-19-14(10-15(20-12)21-13-6-3-2-4-7-13)18-11-17-23-22-16-8-5-9-24(16)17/h2-4,6-7,10H,5,8-9,11H2,1H3,(H2,18,19,20,21). The summed E-state index contributed by atoms with van der Waals surface area (Å²) in [5.74, 6) is 4.29. The van der Waals surface area contributed by atoms with Gasteiger partial charge in [-0.1, -0.05) is 18.2 Å². The quantitative estimate of drug-likeness (QED) is 0.752. The van der Waals surface area contributed by atoms with Crippen molar-refractivity contribution >= 4 is 17.3 Å². The number of hydrogen-bond acceptors (Lipinski definition) is 6. The number of rotatable bonds is 5. The third-order valence-corrected chi connectivity index (χ3v) is 4.00. The van der Waals surface area contributed by atoms with Gasteiger partial charge in [0.1, 0.15) is 23.3 Å². The minimum Gasteiger partial charge on any atom is -0.363 e. The molecule has 1 aliphatic rings. The molecule has 3 heterocycles. The van der Waals surface area contributed by atoms with Gasteiger partial charge in [-0.2, -0.15) is 0 Å². The van der Waals surface area contributed by atoms with Crippen LogP contribution in [0.2, 0.25) is 0 Å². The van der Waals surface area contributed by atoms with Crippen LogP contribution in [0.15, 0.2) is 36.4 Å². The van der Waals surface area contributed by atoms with Gasteiger partial charge in [-0.25, -0.2) is 9.97 Å². The molecule has 0 saturated carbocycles. The van der Waals surface area contributed by atoms with Crippen LogP contribution in [0.4, 0.5) is 17.3 Å². The summed E-state index contributed by atoms with van der Waals surface area (Å²) in [6.45, 7) is 3.49. The Kier molecular flexibility index (Phi) is 3.82. The number of nitrogens with zero attached hydrogens (tertiary/aromatic N) is 5. The highest BCUT2D eigenvalue weighted by Gasteiger charge is 2.17. The summed E-state index contributed by atoms with van der Waals surface area (Å²) in [6, 6.07) is 11.9. The van der Waals surface area contributed by atoms with E-state index < -0.39 is 0 Å². The number of fused-ring (bicyclic) bond motifs is 1. The minimum absolute atomic E-state index is 0.605. The van der Waals surface area contributed by atoms with Crippen LogP contribution < -0.4 is 10.6 Å². The molecule has 0 unspecified atom stereocenters. The molecule has 0 bridgehead atoms. The lowest BCUT2D eigenvalue weighted by atomic mass is 10.3. The van der Waals surface area contributed by atoms with Crippen LogP contribution in [0.5, 0.6) is 0 Å². The van der Waals surface area contributed by atoms with Gasteiger partial charge in [-0.3, -0.25) is 0 Å². The van der Waals surface area contributed by atoms with Crippen molar-refractivity contribution in [3.8, 4) is 0 Å². The molecule has 4 rings (SSSR count). The van der Waals surface area contributed by atoms with E-state index in [1.54, 1.807) is 0 Å². The molecule has 0 amide bonds. The van der Waals surface area contributed by atoms with Gasteiger partial charge >= 0.3 is 0 Å². The maximum atomic E-state index is 4.45. The van der Waals surface area contributed by atoms with E-state index in [0.717, 1.165) is 48.4 Å². The predicted octanol–water partition coefficient (Wildman–Crippen LogP) is 2.68. The van der Waals surface area contributed by atoms with E-state index in [1.165, 1.54) is 0 Å². The van der Waals surface area contributed by atoms with Crippen molar-refractivity contribution in [1.82, 2.24) is 24.7 Å². The number of aryl methyl sites for hydroxylation is 2. The van der Waals surface area contributed by atoms with Gasteiger partial charge in [0.05, 0.1) is 6.54 Å². The molecule has 7 heteroatoms. The molecule has 0 spiro atoms. The fraction of sp³-hybridized carbons (Fsp3) is 0.294. The van der Waals surface area contributed by atoms with Gasteiger partial charge in [-0.15, -0.1) is 10.2 Å². The molecule has 0 aliphatic carbocycles. The Morgan fingerprint density at radius 3 is 2.79 bits per heavy atom. The van der Waals surface area contributed by atoms with E-state index in [1.807, 2.05) is 43.3 Å². The van der Waals surface area contributed by atoms with Crippen LogP contribution in [-0.4, -0.2) is 24.7 Å². The Hall–Kier alpha value is -2.96. The van der Waals surface area contributed by atoms with Crippen molar-refractivity contribution < 1.29 is 0 Å². The second-order valence-corrected chi connectivity index (χ2v) is 5.82. The topological polar surface area (TPSA) is 80.5 Å². The molecule has 2 N–H and O–H groups in total. The molecule has 1 aliphatic heterocycles. The highest BCUT2D eigenvalue weighted by Crippen LogP contribution is 2.18. The number of anilines is 3. The number of benzene rings is 1. The molecule has 24 heavy (non-hydrogen) atoms. The van der Waals surface area contributed by atoms with Crippen molar-refractivity contribution in [1.29, 1.82) is 0 Å². The monoisotopic (exact) mass is 321 g/mol. The Labute approximate surface area is 140 Å². The molecule has 122 valence electrons. The first-order valence-corrected chi connectivity index (χ1v) is 8.10. The maximum absolute atomic E-state index is 4.45. The Morgan fingerprint density at radius 1 is 1.08 bits per heavy atom. The van der Waals surface area contributed by atoms with Crippen LogP contribution in [0.1, 0.15) is 23.9 Å². The van der Waals surface area contributed by atoms with Crippen LogP contribution in [0, 0.1) is 6.92 Å². The highest BCUT2D eigenvalue weighted by atomic mass is 15.3. The fourth-order valence-corrected chi connectivity index (χ4v) is 2.90. The largest absolute Gasteiger partial charge is 0.363 e. The van der Waals surface area contributed by atoms with Crippen molar-refractivity contribution in [3.63, 3.8) is 0 Å². The summed E-state index contributed by atoms with van der Waals surface area (Å²) in [7, 11) is 0. The van der Waals surface area contributed by atoms with Gasteiger partial charge in [0.25, 0.3) is 0 Å². The smallest absolute Gasteiger partial charge is 0.152 e. The van der Waals surface area contributed by atoms with Crippen LogP contribution in [-0.2, 0) is 19.5 Å². The van der Waals surface area contributed by atoms with Gasteiger partial charge < -0.3 is 15.2 Å². The van der Waals surface area contributed by atoms with Crippen LogP contribution in [0.25, 0.3) is 0 Å². The van der Waals surface area contributed by atoms with E-state index in [4.69, 9.17) is 0 Å². The molecular formula is C17H19N7. The zero-order chi connectivity index (χ0) is 16.4. The number of nitrogens with one attached hydrogen (secondary N) is 2. The average molecular weight is 321 g/mol. The lowest BCUT2D eigenvalue weighted by molar-refractivity contribution is 0.695. The molecule has 2 aromatic heterocycles. The van der Waals surface area contributed by atoms with E-state index in [-0.39, 0.29) is 0 Å². The van der Waals surface area contributed by atoms with E-state index in [0.29, 0.717) is 12.4 Å². The molecule has 0 radical (unpaired) electrons. The maximum Gasteiger partial charge on any atom is 0.152 e. The van der Waals surface area contributed by atoms with Crippen molar-refractivity contribution in [2.45, 2.75) is 32.9 Å². The van der Waals surface area contributed by atoms with Gasteiger partial charge in [-0.05, 0) is 25.5 Å². The summed E-state index contributed by atoms with van der Waals surface area (Å²) >= 11 is 0. The zero-order valence-electron chi connectivity index (χ0n) is 13.5. The fourth-order valence-electron chi connectivity index (χ4n) is 2.90. The molecule has 3 aromatic rings. The van der Waals surface area contributed by atoms with E-state index in [9.17, 15) is 0 Å². The zero-order valence-corrected chi connectivity index (χ0v) is 13.5. The van der Waals surface area contributed by atoms with Gasteiger partial charge in [0, 0.05) is 24.7 Å². The highest BCUT2D eigenvalue weighted by molar-refractivity contribution is 5.58. The SMILES string of the molecule is Cc1nc(NCc2nnc3n2CCC3)cc(Nc2ccccc2)n1. The summed E-state index contributed by atoms with van der Waals surface area (Å²) in [6.07, 6.45) is 2.17. The minimum atomic E-state index is 0.605. The normalized spacial score (nSPS) is 12.9. The first-order valence-electron chi connectivity index (χ1n) is 8.10. The molecule has 0 fully saturated rings. The first-order chi connectivity index (χ1) is 11.8. The second kappa shape index (κ2) is 6.27. The molecule has 7 nitrogen and oxygen atoms in total. The Morgan fingerprint density at radius 2 is 1.92 bits per heavy atom. The third kappa shape index (κ3) is 3.05. The lowest BCUT2D eigenvalue weighted by Crippen LogP contribution is -2.09. The summed E-state index contributed by atoms with van der Waals surface area (Å²) in [5, 5.41) is 15.1. The third-order valence-electron chi connectivity index (χ3n) is 4.00. The molecular weight excluding hydrogens is 302 g/mol. The van der Waals surface area contributed by atoms with E-state index in [2.05, 4.69) is 35.4 Å². The summed E-state index contributed by atoms with van der Waals surface area (Å²) < 4.78 is 2.18. The molecule has 0 saturated heterocycles. The van der Waals surface area contributed by atoms with Gasteiger partial charge in [0.2, 0.25) is 0 Å². The predicted molar refractivity (Wildman–Crippen MR) is 92.2 cm³/mol. The van der Waals surface area contributed by atoms with Crippen LogP contribution in [0.3, 0.4) is 0 Å². The van der Waals surface area contributed by atoms with Crippen molar-refractivity contribution in [2.75, 3.05) is 10.6 Å². The number of aromatic nitrogens is 5. The van der Waals surface area contributed by atoms with Crippen LogP contribution >= 0.6 is 0 Å². The number of para-hydroxylation sites is 1. The van der Waals surface area contributed by atoms with Crippen molar-refractivity contribution in [3.05, 3.63) is 53.9 Å². The average Bonchev–Trinajstić information content (AvgIpc) is 3.17. The van der Waals surface area contributed by atoms with E-state index >= 15 is 0 Å². The van der Waals surface area contributed by atoms with Crippen molar-refractivity contribution in [2.24, 2.45) is 0 Å². The molecule has 1 aromatic carbocycles. The second-order valence-electron chi connectivity index (χ2n) is 5.82. The molecule has 0 atom stereocenters. The summed E-state index contributed by atoms with van der Waals surface area (Å²) in [4.78, 5) is 8.89.